The molecule has 19 heavy (non-hydrogen) atoms. The Morgan fingerprint density at radius 1 is 1.58 bits per heavy atom. The summed E-state index contributed by atoms with van der Waals surface area (Å²) >= 11 is 3.48. The summed E-state index contributed by atoms with van der Waals surface area (Å²) in [6.45, 7) is 3.29. The predicted molar refractivity (Wildman–Crippen MR) is 77.5 cm³/mol. The summed E-state index contributed by atoms with van der Waals surface area (Å²) in [5.41, 5.74) is 6.80. The molecule has 0 saturated carbocycles. The second-order valence-corrected chi connectivity index (χ2v) is 5.87. The molecule has 1 aromatic rings. The molecular formula is C14H20BrFN2O. The van der Waals surface area contributed by atoms with Crippen molar-refractivity contribution in [3.05, 3.63) is 34.1 Å². The lowest BCUT2D eigenvalue weighted by molar-refractivity contribution is 0.0684. The summed E-state index contributed by atoms with van der Waals surface area (Å²) in [6.07, 6.45) is 1.17. The summed E-state index contributed by atoms with van der Waals surface area (Å²) in [5.74, 6) is -0.235. The lowest BCUT2D eigenvalue weighted by Crippen LogP contribution is -2.42. The fourth-order valence-corrected chi connectivity index (χ4v) is 3.28. The van der Waals surface area contributed by atoms with Gasteiger partial charge in [-0.15, -0.1) is 0 Å². The second-order valence-electron chi connectivity index (χ2n) is 5.01. The molecule has 3 atom stereocenters. The van der Waals surface area contributed by atoms with Gasteiger partial charge in [0, 0.05) is 29.7 Å². The zero-order valence-electron chi connectivity index (χ0n) is 11.3. The maximum Gasteiger partial charge on any atom is 0.123 e. The van der Waals surface area contributed by atoms with Crippen LogP contribution in [0.5, 0.6) is 0 Å². The number of hydrogen-bond acceptors (Lipinski definition) is 3. The molecule has 3 unspecified atom stereocenters. The highest BCUT2D eigenvalue weighted by Crippen LogP contribution is 2.31. The summed E-state index contributed by atoms with van der Waals surface area (Å²) in [6, 6.07) is 5.04. The molecule has 1 fully saturated rings. The summed E-state index contributed by atoms with van der Waals surface area (Å²) in [4.78, 5) is 2.21. The number of likely N-dealkylation sites (N-methyl/N-ethyl adjacent to an activating group) is 1. The molecule has 5 heteroatoms. The van der Waals surface area contributed by atoms with E-state index in [-0.39, 0.29) is 18.0 Å². The highest BCUT2D eigenvalue weighted by Gasteiger charge is 2.32. The minimum atomic E-state index is -0.235. The Labute approximate surface area is 122 Å². The Balaban J connectivity index is 2.26. The Kier molecular flexibility index (Phi) is 4.95. The van der Waals surface area contributed by atoms with Crippen LogP contribution in [0.15, 0.2) is 22.7 Å². The monoisotopic (exact) mass is 330 g/mol. The highest BCUT2D eigenvalue weighted by molar-refractivity contribution is 9.10. The zero-order chi connectivity index (χ0) is 14.0. The van der Waals surface area contributed by atoms with Crippen LogP contribution < -0.4 is 5.73 Å². The molecule has 1 aromatic carbocycles. The molecule has 1 heterocycles. The van der Waals surface area contributed by atoms with Crippen LogP contribution in [0.1, 0.15) is 24.9 Å². The number of ether oxygens (including phenoxy) is 1. The third kappa shape index (κ3) is 3.16. The standard InChI is InChI=1S/C14H20BrFN2O/c1-9-13(5-6-19-9)18(2)14(8-17)11-7-10(16)3-4-12(11)15/h3-4,7,9,13-14H,5-6,8,17H2,1-2H3. The third-order valence-corrected chi connectivity index (χ3v) is 4.61. The van der Waals surface area contributed by atoms with E-state index in [4.69, 9.17) is 10.5 Å². The minimum absolute atomic E-state index is 0.0146. The minimum Gasteiger partial charge on any atom is -0.377 e. The number of halogens is 2. The Morgan fingerprint density at radius 2 is 2.32 bits per heavy atom. The first kappa shape index (κ1) is 14.9. The van der Waals surface area contributed by atoms with Gasteiger partial charge >= 0.3 is 0 Å². The van der Waals surface area contributed by atoms with Crippen LogP contribution in [0, 0.1) is 5.82 Å². The molecule has 0 aromatic heterocycles. The molecular weight excluding hydrogens is 311 g/mol. The van der Waals surface area contributed by atoms with Gasteiger partial charge in [-0.05, 0) is 44.2 Å². The topological polar surface area (TPSA) is 38.5 Å². The largest absolute Gasteiger partial charge is 0.377 e. The van der Waals surface area contributed by atoms with Crippen molar-refractivity contribution < 1.29 is 9.13 Å². The van der Waals surface area contributed by atoms with Crippen molar-refractivity contribution in [2.24, 2.45) is 5.73 Å². The maximum atomic E-state index is 13.5. The second kappa shape index (κ2) is 6.31. The van der Waals surface area contributed by atoms with Crippen LogP contribution >= 0.6 is 15.9 Å². The van der Waals surface area contributed by atoms with E-state index >= 15 is 0 Å². The summed E-state index contributed by atoms with van der Waals surface area (Å²) < 4.78 is 20.0. The van der Waals surface area contributed by atoms with Crippen molar-refractivity contribution in [1.82, 2.24) is 4.90 Å². The van der Waals surface area contributed by atoms with Crippen LogP contribution in [0.2, 0.25) is 0 Å². The molecule has 2 N–H and O–H groups in total. The van der Waals surface area contributed by atoms with E-state index in [9.17, 15) is 4.39 Å². The van der Waals surface area contributed by atoms with Crippen LogP contribution in [-0.2, 0) is 4.74 Å². The lowest BCUT2D eigenvalue weighted by Gasteiger charge is -2.34. The number of hydrogen-bond donors (Lipinski definition) is 1. The molecule has 0 spiro atoms. The Morgan fingerprint density at radius 3 is 2.89 bits per heavy atom. The first-order valence-electron chi connectivity index (χ1n) is 6.53. The van der Waals surface area contributed by atoms with Crippen molar-refractivity contribution >= 4 is 15.9 Å². The number of rotatable bonds is 4. The first-order valence-corrected chi connectivity index (χ1v) is 7.32. The van der Waals surface area contributed by atoms with Crippen LogP contribution in [0.25, 0.3) is 0 Å². The van der Waals surface area contributed by atoms with E-state index in [0.717, 1.165) is 23.1 Å². The van der Waals surface area contributed by atoms with Gasteiger partial charge in [0.25, 0.3) is 0 Å². The molecule has 1 saturated heterocycles. The molecule has 3 nitrogen and oxygen atoms in total. The lowest BCUT2D eigenvalue weighted by atomic mass is 10.0. The smallest absolute Gasteiger partial charge is 0.123 e. The molecule has 106 valence electrons. The molecule has 0 bridgehead atoms. The fourth-order valence-electron chi connectivity index (χ4n) is 2.77. The van der Waals surface area contributed by atoms with Gasteiger partial charge in [0.1, 0.15) is 5.82 Å². The summed E-state index contributed by atoms with van der Waals surface area (Å²) in [7, 11) is 2.03. The van der Waals surface area contributed by atoms with Crippen molar-refractivity contribution in [1.29, 1.82) is 0 Å². The van der Waals surface area contributed by atoms with E-state index in [0.29, 0.717) is 12.6 Å². The molecule has 1 aliphatic heterocycles. The van der Waals surface area contributed by atoms with Crippen molar-refractivity contribution in [3.8, 4) is 0 Å². The van der Waals surface area contributed by atoms with Gasteiger partial charge in [0.15, 0.2) is 0 Å². The van der Waals surface area contributed by atoms with E-state index < -0.39 is 0 Å². The van der Waals surface area contributed by atoms with Crippen LogP contribution in [0.4, 0.5) is 4.39 Å². The zero-order valence-corrected chi connectivity index (χ0v) is 12.9. The van der Waals surface area contributed by atoms with Crippen molar-refractivity contribution in [2.45, 2.75) is 31.5 Å². The van der Waals surface area contributed by atoms with E-state index in [2.05, 4.69) is 27.8 Å². The maximum absolute atomic E-state index is 13.5. The third-order valence-electron chi connectivity index (χ3n) is 3.89. The average molecular weight is 331 g/mol. The van der Waals surface area contributed by atoms with Gasteiger partial charge in [0.2, 0.25) is 0 Å². The van der Waals surface area contributed by atoms with Gasteiger partial charge in [-0.2, -0.15) is 0 Å². The van der Waals surface area contributed by atoms with Crippen LogP contribution in [0.3, 0.4) is 0 Å². The quantitative estimate of drug-likeness (QED) is 0.922. The molecule has 0 aliphatic carbocycles. The van der Waals surface area contributed by atoms with Gasteiger partial charge in [-0.1, -0.05) is 15.9 Å². The number of nitrogens with two attached hydrogens (primary N) is 1. The Hall–Kier alpha value is -0.490. The molecule has 1 aliphatic rings. The van der Waals surface area contributed by atoms with Gasteiger partial charge < -0.3 is 10.5 Å². The van der Waals surface area contributed by atoms with Crippen LogP contribution in [-0.4, -0.2) is 37.2 Å². The van der Waals surface area contributed by atoms with Gasteiger partial charge in [-0.3, -0.25) is 4.90 Å². The average Bonchev–Trinajstić information content (AvgIpc) is 2.80. The normalized spacial score (nSPS) is 24.9. The molecule has 0 radical (unpaired) electrons. The van der Waals surface area contributed by atoms with Gasteiger partial charge in [-0.25, -0.2) is 4.39 Å². The predicted octanol–water partition coefficient (Wildman–Crippen LogP) is 2.70. The summed E-state index contributed by atoms with van der Waals surface area (Å²) in [5, 5.41) is 0. The number of benzene rings is 1. The van der Waals surface area contributed by atoms with Crippen molar-refractivity contribution in [2.75, 3.05) is 20.2 Å². The number of nitrogens with zero attached hydrogens (tertiary/aromatic N) is 1. The van der Waals surface area contributed by atoms with Gasteiger partial charge in [0.05, 0.1) is 6.10 Å². The molecule has 0 amide bonds. The Bertz CT molecular complexity index is 443. The SMILES string of the molecule is CC1OCCC1N(C)C(CN)c1cc(F)ccc1Br. The fraction of sp³-hybridized carbons (Fsp3) is 0.571. The van der Waals surface area contributed by atoms with E-state index in [1.54, 1.807) is 12.1 Å². The first-order chi connectivity index (χ1) is 9.04. The molecule has 2 rings (SSSR count). The van der Waals surface area contributed by atoms with E-state index in [1.807, 2.05) is 7.05 Å². The van der Waals surface area contributed by atoms with E-state index in [1.165, 1.54) is 6.07 Å². The van der Waals surface area contributed by atoms with Crippen molar-refractivity contribution in [3.63, 3.8) is 0 Å². The highest BCUT2D eigenvalue weighted by atomic mass is 79.9.